The highest BCUT2D eigenvalue weighted by atomic mass is 35.5. The third kappa shape index (κ3) is 3.38. The molecule has 26 heavy (non-hydrogen) atoms. The number of benzene rings is 1. The Balaban J connectivity index is 1.70. The molecule has 0 bridgehead atoms. The summed E-state index contributed by atoms with van der Waals surface area (Å²) in [5, 5.41) is 8.24. The summed E-state index contributed by atoms with van der Waals surface area (Å²) in [6.45, 7) is 1.82. The number of nitrogens with zero attached hydrogens (tertiary/aromatic N) is 3. The summed E-state index contributed by atoms with van der Waals surface area (Å²) in [7, 11) is 0. The predicted molar refractivity (Wildman–Crippen MR) is 103 cm³/mol. The van der Waals surface area contributed by atoms with Crippen LogP contribution < -0.4 is 11.1 Å². The van der Waals surface area contributed by atoms with Crippen molar-refractivity contribution in [1.82, 2.24) is 14.6 Å². The van der Waals surface area contributed by atoms with E-state index in [2.05, 4.69) is 15.4 Å². The van der Waals surface area contributed by atoms with Gasteiger partial charge in [0.1, 0.15) is 10.7 Å². The Morgan fingerprint density at radius 1 is 1.27 bits per heavy atom. The summed E-state index contributed by atoms with van der Waals surface area (Å²) < 4.78 is 7.07. The van der Waals surface area contributed by atoms with Crippen molar-refractivity contribution < 1.29 is 4.74 Å². The van der Waals surface area contributed by atoms with E-state index in [0.29, 0.717) is 30.7 Å². The van der Waals surface area contributed by atoms with Gasteiger partial charge in [0.2, 0.25) is 5.28 Å². The lowest BCUT2D eigenvalue weighted by Crippen LogP contribution is -2.37. The standard InChI is InChI=1S/C18H19Cl2N5O/c19-16-13(12-6-7-26-10-14(12)21)8-15-17(23-18(20)24-25(15)16)22-9-11-4-2-1-3-5-11/h1-5,8,12,14H,6-7,9-10,21H2,(H,22,23,24)/t12-,14+/m1/s1. The molecule has 4 rings (SSSR count). The summed E-state index contributed by atoms with van der Waals surface area (Å²) >= 11 is 12.7. The minimum atomic E-state index is -0.0946. The molecule has 0 unspecified atom stereocenters. The van der Waals surface area contributed by atoms with Crippen molar-refractivity contribution in [2.45, 2.75) is 24.9 Å². The van der Waals surface area contributed by atoms with Crippen LogP contribution in [0.4, 0.5) is 5.82 Å². The van der Waals surface area contributed by atoms with Gasteiger partial charge < -0.3 is 15.8 Å². The molecular formula is C18H19Cl2N5O. The monoisotopic (exact) mass is 391 g/mol. The number of hydrogen-bond acceptors (Lipinski definition) is 5. The Kier molecular flexibility index (Phi) is 5.00. The highest BCUT2D eigenvalue weighted by Gasteiger charge is 2.28. The van der Waals surface area contributed by atoms with Crippen LogP contribution in [-0.2, 0) is 11.3 Å². The van der Waals surface area contributed by atoms with E-state index in [0.717, 1.165) is 23.1 Å². The van der Waals surface area contributed by atoms with Crippen molar-refractivity contribution in [3.63, 3.8) is 0 Å². The zero-order valence-electron chi connectivity index (χ0n) is 14.0. The molecule has 0 spiro atoms. The topological polar surface area (TPSA) is 77.5 Å². The molecule has 1 saturated heterocycles. The molecule has 1 fully saturated rings. The first kappa shape index (κ1) is 17.5. The molecule has 0 amide bonds. The van der Waals surface area contributed by atoms with Crippen LogP contribution in [0.25, 0.3) is 5.52 Å². The molecule has 0 aliphatic carbocycles. The van der Waals surface area contributed by atoms with Crippen LogP contribution in [0.2, 0.25) is 10.4 Å². The van der Waals surface area contributed by atoms with Gasteiger partial charge in [-0.3, -0.25) is 0 Å². The van der Waals surface area contributed by atoms with E-state index in [-0.39, 0.29) is 17.2 Å². The molecule has 0 radical (unpaired) electrons. The van der Waals surface area contributed by atoms with Gasteiger partial charge in [0.15, 0.2) is 5.82 Å². The fourth-order valence-corrected chi connectivity index (χ4v) is 3.82. The Hall–Kier alpha value is -1.86. The molecule has 2 atom stereocenters. The van der Waals surface area contributed by atoms with E-state index < -0.39 is 0 Å². The molecule has 3 aromatic rings. The van der Waals surface area contributed by atoms with E-state index in [4.69, 9.17) is 33.7 Å². The molecule has 2 aromatic heterocycles. The van der Waals surface area contributed by atoms with Gasteiger partial charge >= 0.3 is 0 Å². The first-order valence-electron chi connectivity index (χ1n) is 8.49. The molecule has 8 heteroatoms. The zero-order valence-corrected chi connectivity index (χ0v) is 15.5. The number of anilines is 1. The molecule has 0 saturated carbocycles. The van der Waals surface area contributed by atoms with Gasteiger partial charge in [-0.1, -0.05) is 41.9 Å². The van der Waals surface area contributed by atoms with Crippen molar-refractivity contribution in [2.24, 2.45) is 5.73 Å². The summed E-state index contributed by atoms with van der Waals surface area (Å²) in [6.07, 6.45) is 0.825. The maximum Gasteiger partial charge on any atom is 0.243 e. The van der Waals surface area contributed by atoms with Gasteiger partial charge in [0, 0.05) is 25.1 Å². The summed E-state index contributed by atoms with van der Waals surface area (Å²) in [6, 6.07) is 12.0. The predicted octanol–water partition coefficient (Wildman–Crippen LogP) is 3.48. The summed E-state index contributed by atoms with van der Waals surface area (Å²) in [5.74, 6) is 0.765. The normalized spacial score (nSPS) is 20.4. The molecule has 136 valence electrons. The average molecular weight is 392 g/mol. The Morgan fingerprint density at radius 3 is 2.85 bits per heavy atom. The Morgan fingerprint density at radius 2 is 2.08 bits per heavy atom. The molecule has 6 nitrogen and oxygen atoms in total. The molecule has 3 heterocycles. The number of aromatic nitrogens is 3. The summed E-state index contributed by atoms with van der Waals surface area (Å²) in [5.41, 5.74) is 9.12. The van der Waals surface area contributed by atoms with Crippen LogP contribution in [0, 0.1) is 0 Å². The second-order valence-corrected chi connectivity index (χ2v) is 7.09. The van der Waals surface area contributed by atoms with Gasteiger partial charge in [-0.05, 0) is 35.2 Å². The second kappa shape index (κ2) is 7.40. The van der Waals surface area contributed by atoms with Gasteiger partial charge in [0.05, 0.1) is 6.61 Å². The zero-order chi connectivity index (χ0) is 18.1. The van der Waals surface area contributed by atoms with Crippen molar-refractivity contribution in [3.8, 4) is 0 Å². The minimum Gasteiger partial charge on any atom is -0.380 e. The smallest absolute Gasteiger partial charge is 0.243 e. The maximum atomic E-state index is 6.61. The maximum absolute atomic E-state index is 6.61. The van der Waals surface area contributed by atoms with Gasteiger partial charge in [-0.2, -0.15) is 4.98 Å². The van der Waals surface area contributed by atoms with E-state index in [9.17, 15) is 0 Å². The van der Waals surface area contributed by atoms with Crippen LogP contribution in [0.15, 0.2) is 36.4 Å². The Bertz CT molecular complexity index is 915. The van der Waals surface area contributed by atoms with Crippen molar-refractivity contribution in [2.75, 3.05) is 18.5 Å². The molecular weight excluding hydrogens is 373 g/mol. The van der Waals surface area contributed by atoms with Gasteiger partial charge in [-0.15, -0.1) is 5.10 Å². The average Bonchev–Trinajstić information content (AvgIpc) is 2.98. The van der Waals surface area contributed by atoms with E-state index in [1.807, 2.05) is 36.4 Å². The molecule has 1 aliphatic rings. The second-order valence-electron chi connectivity index (χ2n) is 6.39. The fourth-order valence-electron chi connectivity index (χ4n) is 3.33. The van der Waals surface area contributed by atoms with Crippen molar-refractivity contribution in [1.29, 1.82) is 0 Å². The lowest BCUT2D eigenvalue weighted by molar-refractivity contribution is 0.0696. The first-order valence-corrected chi connectivity index (χ1v) is 9.25. The largest absolute Gasteiger partial charge is 0.380 e. The van der Waals surface area contributed by atoms with Crippen LogP contribution in [0.5, 0.6) is 0 Å². The minimum absolute atomic E-state index is 0.0946. The van der Waals surface area contributed by atoms with Crippen LogP contribution in [0.1, 0.15) is 23.5 Å². The number of halogens is 2. The first-order chi connectivity index (χ1) is 12.6. The van der Waals surface area contributed by atoms with Gasteiger partial charge in [-0.25, -0.2) is 4.52 Å². The van der Waals surface area contributed by atoms with E-state index >= 15 is 0 Å². The number of ether oxygens (including phenoxy) is 1. The number of hydrogen-bond donors (Lipinski definition) is 2. The Labute approximate surface area is 161 Å². The number of nitrogens with two attached hydrogens (primary N) is 1. The molecule has 1 aromatic carbocycles. The van der Waals surface area contributed by atoms with Crippen LogP contribution >= 0.6 is 23.2 Å². The van der Waals surface area contributed by atoms with E-state index in [1.165, 1.54) is 0 Å². The van der Waals surface area contributed by atoms with Crippen LogP contribution in [0.3, 0.4) is 0 Å². The van der Waals surface area contributed by atoms with Gasteiger partial charge in [0.25, 0.3) is 0 Å². The number of rotatable bonds is 4. The summed E-state index contributed by atoms with van der Waals surface area (Å²) in [4.78, 5) is 4.34. The lowest BCUT2D eigenvalue weighted by Gasteiger charge is -2.28. The lowest BCUT2D eigenvalue weighted by atomic mass is 9.90. The van der Waals surface area contributed by atoms with Crippen molar-refractivity contribution >= 4 is 34.5 Å². The highest BCUT2D eigenvalue weighted by molar-refractivity contribution is 6.31. The van der Waals surface area contributed by atoms with Crippen LogP contribution in [-0.4, -0.2) is 33.9 Å². The number of fused-ring (bicyclic) bond motifs is 1. The van der Waals surface area contributed by atoms with Crippen molar-refractivity contribution in [3.05, 3.63) is 58.0 Å². The third-order valence-electron chi connectivity index (χ3n) is 4.68. The number of nitrogens with one attached hydrogen (secondary N) is 1. The quantitative estimate of drug-likeness (QED) is 0.711. The molecule has 1 aliphatic heterocycles. The fraction of sp³-hybridized carbons (Fsp3) is 0.333. The SMILES string of the molecule is N[C@H]1COCC[C@@H]1c1cc2c(NCc3ccccc3)nc(Cl)nn2c1Cl. The third-order valence-corrected chi connectivity index (χ3v) is 5.21. The highest BCUT2D eigenvalue weighted by Crippen LogP contribution is 2.35. The molecule has 3 N–H and O–H groups in total. The van der Waals surface area contributed by atoms with E-state index in [1.54, 1.807) is 4.52 Å².